The maximum absolute atomic E-state index is 13.9. The third kappa shape index (κ3) is 30.2. The van der Waals surface area contributed by atoms with Gasteiger partial charge in [-0.05, 0) is 150 Å². The molecule has 0 aliphatic heterocycles. The minimum atomic E-state index is -1.13. The number of phenolic OH excluding ortho intramolecular Hbond substituents is 1. The largest absolute Gasteiger partial charge is 0.506 e. The minimum Gasteiger partial charge on any atom is -0.506 e. The summed E-state index contributed by atoms with van der Waals surface area (Å²) in [7, 11) is 2.36. The Morgan fingerprint density at radius 2 is 0.711 bits per heavy atom. The average Bonchev–Trinajstić information content (AvgIpc) is 0.818. The summed E-state index contributed by atoms with van der Waals surface area (Å²) in [5.74, 6) is -7.02. The summed E-state index contributed by atoms with van der Waals surface area (Å²) in [6, 6.07) is 37.3. The van der Waals surface area contributed by atoms with E-state index in [1.165, 1.54) is 153 Å². The molecular formula is C76H51Cl6F5N10O24. The van der Waals surface area contributed by atoms with Crippen molar-refractivity contribution >= 4 is 123 Å². The highest BCUT2D eigenvalue weighted by Gasteiger charge is 2.24. The summed E-state index contributed by atoms with van der Waals surface area (Å²) >= 11 is 33.7. The van der Waals surface area contributed by atoms with Crippen LogP contribution in [0.1, 0.15) is 58.1 Å². The number of benzene rings is 7. The van der Waals surface area contributed by atoms with Crippen molar-refractivity contribution in [3.8, 4) is 63.2 Å². The molecule has 0 unspecified atom stereocenters. The molecule has 45 heteroatoms. The van der Waals surface area contributed by atoms with E-state index < -0.39 is 82.8 Å². The number of hydrogen-bond donors (Lipinski definition) is 3. The second-order valence-corrected chi connectivity index (χ2v) is 24.7. The normalized spacial score (nSPS) is 10.0. The Labute approximate surface area is 705 Å². The Hall–Kier alpha value is -14.5. The second-order valence-electron chi connectivity index (χ2n) is 22.5. The first-order valence-electron chi connectivity index (χ1n) is 32.6. The molecule has 5 aromatic heterocycles. The third-order valence-corrected chi connectivity index (χ3v) is 15.7. The predicted molar refractivity (Wildman–Crippen MR) is 421 cm³/mol. The highest BCUT2D eigenvalue weighted by Crippen LogP contribution is 2.38. The minimum absolute atomic E-state index is 0.0423. The number of aromatic hydroxyl groups is 2. The number of aliphatic hydroxyl groups excluding tert-OH is 1. The Morgan fingerprint density at radius 1 is 0.397 bits per heavy atom. The molecule has 3 N–H and O–H groups in total. The van der Waals surface area contributed by atoms with Crippen LogP contribution in [0.4, 0.5) is 50.4 Å². The number of rotatable bonds is 22. The van der Waals surface area contributed by atoms with Crippen LogP contribution in [-0.4, -0.2) is 104 Å². The number of aromatic nitrogens is 5. The first-order chi connectivity index (χ1) is 57.6. The highest BCUT2D eigenvalue weighted by atomic mass is 35.5. The molecule has 5 heterocycles. The zero-order valence-corrected chi connectivity index (χ0v) is 65.5. The van der Waals surface area contributed by atoms with E-state index >= 15 is 0 Å². The number of esters is 2. The van der Waals surface area contributed by atoms with Crippen LogP contribution in [0.2, 0.25) is 25.8 Å². The number of alkyl halides is 1. The average molecular weight is 1800 g/mol. The molecule has 121 heavy (non-hydrogen) atoms. The molecule has 0 radical (unpaired) electrons. The van der Waals surface area contributed by atoms with Gasteiger partial charge in [-0.1, -0.05) is 64.1 Å². The van der Waals surface area contributed by atoms with E-state index in [0.717, 1.165) is 55.1 Å². The number of phenols is 1. The molecule has 0 spiro atoms. The summed E-state index contributed by atoms with van der Waals surface area (Å²) in [5.41, 5.74) is -0.233. The summed E-state index contributed by atoms with van der Waals surface area (Å²) < 4.78 is 101. The molecule has 0 fully saturated rings. The van der Waals surface area contributed by atoms with E-state index in [1.807, 2.05) is 0 Å². The van der Waals surface area contributed by atoms with Crippen molar-refractivity contribution in [2.24, 2.45) is 0 Å². The van der Waals surface area contributed by atoms with Crippen molar-refractivity contribution in [3.63, 3.8) is 0 Å². The van der Waals surface area contributed by atoms with Crippen molar-refractivity contribution in [1.82, 2.24) is 24.9 Å². The fraction of sp³-hybridized carbons (Fsp3) is 0.0658. The van der Waals surface area contributed by atoms with Gasteiger partial charge in [0, 0.05) is 53.4 Å². The molecule has 0 saturated heterocycles. The van der Waals surface area contributed by atoms with Crippen molar-refractivity contribution in [2.45, 2.75) is 19.1 Å². The molecule has 0 aliphatic rings. The summed E-state index contributed by atoms with van der Waals surface area (Å²) in [6.07, 6.45) is 7.25. The summed E-state index contributed by atoms with van der Waals surface area (Å²) in [6.45, 7) is -0.533. The van der Waals surface area contributed by atoms with Gasteiger partial charge in [-0.3, -0.25) is 60.2 Å². The molecule has 7 aromatic carbocycles. The Morgan fingerprint density at radius 3 is 1.02 bits per heavy atom. The molecule has 12 rings (SSSR count). The van der Waals surface area contributed by atoms with E-state index in [-0.39, 0.29) is 115 Å². The van der Waals surface area contributed by atoms with Crippen LogP contribution in [-0.2, 0) is 28.6 Å². The molecule has 0 saturated carbocycles. The van der Waals surface area contributed by atoms with Crippen LogP contribution in [0.3, 0.4) is 0 Å². The number of aldehydes is 2. The summed E-state index contributed by atoms with van der Waals surface area (Å²) in [5, 5.41) is 82.0. The first-order valence-corrected chi connectivity index (χ1v) is 35.1. The number of halogens is 11. The maximum atomic E-state index is 13.9. The number of carbonyl (C=O) groups excluding carboxylic acids is 4. The molecule has 0 aliphatic carbocycles. The highest BCUT2D eigenvalue weighted by molar-refractivity contribution is 6.30. The number of ether oxygens (including phenoxy) is 7. The lowest BCUT2D eigenvalue weighted by molar-refractivity contribution is -0.387. The zero-order valence-electron chi connectivity index (χ0n) is 61.0. The fourth-order valence-electron chi connectivity index (χ4n) is 8.70. The van der Waals surface area contributed by atoms with E-state index in [4.69, 9.17) is 109 Å². The zero-order chi connectivity index (χ0) is 89.2. The van der Waals surface area contributed by atoms with Crippen molar-refractivity contribution in [3.05, 3.63) is 351 Å². The first kappa shape index (κ1) is 95.4. The lowest BCUT2D eigenvalue weighted by Gasteiger charge is -2.11. The topological polar surface area (TPSA) is 474 Å². The van der Waals surface area contributed by atoms with Crippen LogP contribution >= 0.6 is 69.6 Å². The van der Waals surface area contributed by atoms with Gasteiger partial charge in [-0.2, -0.15) is 4.39 Å². The van der Waals surface area contributed by atoms with Gasteiger partial charge in [0.05, 0.1) is 87.6 Å². The van der Waals surface area contributed by atoms with Crippen LogP contribution in [0.25, 0.3) is 0 Å². The van der Waals surface area contributed by atoms with Crippen LogP contribution < -0.4 is 23.7 Å². The fourth-order valence-corrected chi connectivity index (χ4v) is 9.42. The number of methoxy groups -OCH3 is 2. The Balaban J connectivity index is 0.000000225. The molecule has 0 bridgehead atoms. The van der Waals surface area contributed by atoms with Gasteiger partial charge < -0.3 is 48.5 Å². The Kier molecular flexibility index (Phi) is 37.1. The van der Waals surface area contributed by atoms with Gasteiger partial charge in [0.25, 0.3) is 0 Å². The standard InChI is InChI=1S/C19H11ClF2N2O5.C13H9ClN2O5.C12H8Cl2N2O3.C12H9ClN2O4.C8H6FNO4.C7H4F2O2.C5H4ClNO/c20-18-4-2-13(8-23-18)29-17-7-11(1-3-16(17)24(26)27)10-28-19-14(21)5-12(9-25)6-15(19)22;1-20-13(17)8-2-4-10(16(18)19)11(6-8)21-9-3-5-12(14)15-7-9;13-6-8-1-3-10(16(17)18)11(5-8)19-9-2-4-12(14)15-7-9;13-12-4-2-9(6-14-12)19-11-5-8(7-16)1-3-10(11)15(17)18;1-14-8(11)5-2-3-7(10(12)13)6(9)4-5;8-5-1-4(3-10)2-6(9)7(5)11;6-5-2-1-4(8)3-7-5/h1-9H,10H2;2-7H,1H3;1-5,7H,6H2;1-6,16H,7H2;2-4H,1H3;1-3,11H;1-3,8H. The molecular weight excluding hydrogens is 1740 g/mol. The lowest BCUT2D eigenvalue weighted by Crippen LogP contribution is -2.02. The second kappa shape index (κ2) is 47.1. The molecule has 12 aromatic rings. The molecule has 34 nitrogen and oxygen atoms in total. The van der Waals surface area contributed by atoms with E-state index in [1.54, 1.807) is 18.2 Å². The number of pyridine rings is 5. The predicted octanol–water partition coefficient (Wildman–Crippen LogP) is 19.9. The van der Waals surface area contributed by atoms with Gasteiger partial charge in [0.15, 0.2) is 34.8 Å². The van der Waals surface area contributed by atoms with E-state index in [9.17, 15) is 91.7 Å². The number of hydrogen-bond acceptors (Lipinski definition) is 29. The van der Waals surface area contributed by atoms with Gasteiger partial charge in [0.2, 0.25) is 28.8 Å². The molecule has 0 atom stereocenters. The Bertz CT molecular complexity index is 5520. The number of aliphatic hydroxyl groups is 1. The smallest absolute Gasteiger partial charge is 0.337 e. The third-order valence-electron chi connectivity index (χ3n) is 14.3. The lowest BCUT2D eigenvalue weighted by atomic mass is 10.2. The van der Waals surface area contributed by atoms with Crippen molar-refractivity contribution in [1.29, 1.82) is 0 Å². The van der Waals surface area contributed by atoms with E-state index in [2.05, 4.69) is 34.4 Å². The summed E-state index contributed by atoms with van der Waals surface area (Å²) in [4.78, 5) is 113. The van der Waals surface area contributed by atoms with Gasteiger partial charge in [0.1, 0.15) is 73.7 Å². The SMILES string of the molecule is COC(=O)c1ccc([N+](=O)[O-])c(F)c1.COC(=O)c1ccc([N+](=O)[O-])c(Oc2ccc(Cl)nc2)c1.O=Cc1cc(F)c(O)c(F)c1.O=Cc1cc(F)c(OCc2ccc([N+](=O)[O-])c(Oc3ccc(Cl)nc3)c2)c(F)c1.O=[N+]([O-])c1ccc(CCl)cc1Oc1ccc(Cl)nc1.O=[N+]([O-])c1ccc(CO)cc1Oc1ccc(Cl)nc1.Oc1ccc(Cl)nc1. The number of nitro groups is 5. The van der Waals surface area contributed by atoms with E-state index in [0.29, 0.717) is 50.7 Å². The van der Waals surface area contributed by atoms with Gasteiger partial charge >= 0.3 is 40.4 Å². The van der Waals surface area contributed by atoms with Gasteiger partial charge in [-0.25, -0.2) is 52.1 Å². The maximum Gasteiger partial charge on any atom is 0.337 e. The van der Waals surface area contributed by atoms with Crippen LogP contribution in [0, 0.1) is 79.7 Å². The van der Waals surface area contributed by atoms with Crippen LogP contribution in [0.5, 0.6) is 63.2 Å². The number of carbonyl (C=O) groups is 4. The van der Waals surface area contributed by atoms with Crippen molar-refractivity contribution < 1.29 is 114 Å². The number of nitrogens with zero attached hydrogens (tertiary/aromatic N) is 10. The number of nitro benzene ring substituents is 5. The van der Waals surface area contributed by atoms with Crippen LogP contribution in [0.15, 0.2) is 207 Å². The van der Waals surface area contributed by atoms with Gasteiger partial charge in [-0.15, -0.1) is 11.6 Å². The monoisotopic (exact) mass is 1790 g/mol. The molecule has 626 valence electrons. The quantitative estimate of drug-likeness (QED) is 0.0108. The molecule has 0 amide bonds. The van der Waals surface area contributed by atoms with Crippen molar-refractivity contribution in [2.75, 3.05) is 14.2 Å².